The third-order valence-corrected chi connectivity index (χ3v) is 12.3. The summed E-state index contributed by atoms with van der Waals surface area (Å²) in [6.07, 6.45) is 0.737. The zero-order chi connectivity index (χ0) is 50.2. The predicted molar refractivity (Wildman–Crippen MR) is 250 cm³/mol. The topological polar surface area (TPSA) is 297 Å². The van der Waals surface area contributed by atoms with Gasteiger partial charge in [0.2, 0.25) is 35.5 Å². The number of nitrogens with two attached hydrogens (primary N) is 1. The quantitative estimate of drug-likeness (QED) is 0.0503. The number of amides is 6. The number of nitrogens with one attached hydrogen (secondary N) is 5. The molecule has 22 heteroatoms. The van der Waals surface area contributed by atoms with Gasteiger partial charge in [0.25, 0.3) is 10.0 Å². The smallest absolute Gasteiger partial charge is 0.408 e. The van der Waals surface area contributed by atoms with Gasteiger partial charge in [0.15, 0.2) is 0 Å². The first-order valence-electron chi connectivity index (χ1n) is 22.8. The van der Waals surface area contributed by atoms with Gasteiger partial charge in [0.05, 0.1) is 24.7 Å². The molecule has 374 valence electrons. The summed E-state index contributed by atoms with van der Waals surface area (Å²) in [4.78, 5) is 100. The van der Waals surface area contributed by atoms with Gasteiger partial charge in [-0.2, -0.15) is 0 Å². The Morgan fingerprint density at radius 3 is 2.10 bits per heavy atom. The van der Waals surface area contributed by atoms with Gasteiger partial charge in [0.1, 0.15) is 35.8 Å². The zero-order valence-electron chi connectivity index (χ0n) is 39.6. The van der Waals surface area contributed by atoms with Crippen LogP contribution >= 0.6 is 0 Å². The lowest BCUT2D eigenvalue weighted by atomic mass is 10.0. The number of hydrogen-bond donors (Lipinski definition) is 7. The molecule has 2 aromatic rings. The second-order valence-electron chi connectivity index (χ2n) is 18.3. The molecule has 2 aromatic carbocycles. The third-order valence-electron chi connectivity index (χ3n) is 11.0. The highest BCUT2D eigenvalue weighted by molar-refractivity contribution is 7.90. The normalized spacial score (nSPS) is 17.7. The number of ether oxygens (including phenoxy) is 2. The molecule has 2 fully saturated rings. The highest BCUT2D eigenvalue weighted by Crippen LogP contribution is 2.22. The van der Waals surface area contributed by atoms with Gasteiger partial charge in [-0.15, -0.1) is 0 Å². The van der Waals surface area contributed by atoms with Gasteiger partial charge in [-0.05, 0) is 96.3 Å². The number of benzene rings is 2. The van der Waals surface area contributed by atoms with E-state index in [1.54, 1.807) is 32.9 Å². The lowest BCUT2D eigenvalue weighted by molar-refractivity contribution is -0.148. The van der Waals surface area contributed by atoms with Crippen molar-refractivity contribution in [3.63, 3.8) is 0 Å². The molecule has 2 saturated heterocycles. The first-order valence-corrected chi connectivity index (χ1v) is 24.2. The first-order chi connectivity index (χ1) is 32.0. The molecular weight excluding hydrogens is 903 g/mol. The van der Waals surface area contributed by atoms with Crippen molar-refractivity contribution < 1.29 is 56.6 Å². The monoisotopic (exact) mass is 969 g/mol. The molecule has 21 nitrogen and oxygen atoms in total. The van der Waals surface area contributed by atoms with E-state index < -0.39 is 99.9 Å². The number of rotatable bonds is 22. The summed E-state index contributed by atoms with van der Waals surface area (Å²) >= 11 is 0. The van der Waals surface area contributed by atoms with Crippen molar-refractivity contribution in [1.82, 2.24) is 35.8 Å². The first kappa shape index (κ1) is 54.3. The van der Waals surface area contributed by atoms with Crippen molar-refractivity contribution >= 4 is 57.6 Å². The van der Waals surface area contributed by atoms with Crippen molar-refractivity contribution in [3.8, 4) is 0 Å². The van der Waals surface area contributed by atoms with E-state index in [-0.39, 0.29) is 69.3 Å². The Bertz CT molecular complexity index is 2220. The van der Waals surface area contributed by atoms with Crippen LogP contribution in [0.25, 0.3) is 0 Å². The Labute approximate surface area is 397 Å². The molecule has 5 atom stereocenters. The van der Waals surface area contributed by atoms with Gasteiger partial charge in [-0.25, -0.2) is 22.7 Å². The molecule has 0 unspecified atom stereocenters. The van der Waals surface area contributed by atoms with E-state index in [1.807, 2.05) is 51.1 Å². The average molecular weight is 970 g/mol. The fourth-order valence-corrected chi connectivity index (χ4v) is 8.61. The highest BCUT2D eigenvalue weighted by atomic mass is 32.2. The lowest BCUT2D eigenvalue weighted by Gasteiger charge is -2.31. The second-order valence-corrected chi connectivity index (χ2v) is 20.0. The van der Waals surface area contributed by atoms with Crippen molar-refractivity contribution in [1.29, 1.82) is 0 Å². The number of alkyl carbamates (subject to hydrolysis) is 1. The lowest BCUT2D eigenvalue weighted by Crippen LogP contribution is -2.59. The number of aliphatic imine (C=N–C) groups is 1. The van der Waals surface area contributed by atoms with Gasteiger partial charge in [0, 0.05) is 19.6 Å². The Morgan fingerprint density at radius 1 is 0.853 bits per heavy atom. The van der Waals surface area contributed by atoms with E-state index in [4.69, 9.17) is 15.2 Å². The number of nitrogens with zero attached hydrogens (tertiary/aromatic N) is 3. The summed E-state index contributed by atoms with van der Waals surface area (Å²) in [6.45, 7) is 10.1. The number of aliphatic carboxylic acids is 1. The molecule has 6 amide bonds. The number of aryl methyl sites for hydroxylation is 1. The average Bonchev–Trinajstić information content (AvgIpc) is 3.97. The van der Waals surface area contributed by atoms with Crippen LogP contribution in [0.2, 0.25) is 0 Å². The van der Waals surface area contributed by atoms with E-state index in [1.165, 1.54) is 21.9 Å². The van der Waals surface area contributed by atoms with Crippen molar-refractivity contribution in [2.45, 2.75) is 134 Å². The number of guanidine groups is 1. The SMILES string of the molecule is Cc1ccc(S(=O)(=O)NC(N)=NCCC[C@H](NC(=O)[C@H](COCc2ccccc2)NC(=O)OC(C)(C)C)C(=O)N[C@@H](CC(C)C)C(=O)N2CCC[C@H]2C(=O)NCC(=O)N2CCC[C@H]2C(=O)O)cc1. The molecule has 0 aliphatic carbocycles. The summed E-state index contributed by atoms with van der Waals surface area (Å²) in [5.41, 5.74) is 6.69. The van der Waals surface area contributed by atoms with Crippen molar-refractivity contribution in [3.05, 3.63) is 65.7 Å². The number of hydrogen-bond acceptors (Lipinski definition) is 12. The molecule has 2 heterocycles. The largest absolute Gasteiger partial charge is 0.480 e. The van der Waals surface area contributed by atoms with E-state index in [0.29, 0.717) is 19.3 Å². The number of sulfonamides is 1. The van der Waals surface area contributed by atoms with E-state index in [2.05, 4.69) is 31.0 Å². The molecule has 4 rings (SSSR count). The van der Waals surface area contributed by atoms with Crippen LogP contribution in [0.3, 0.4) is 0 Å². The maximum atomic E-state index is 14.4. The Kier molecular flexibility index (Phi) is 20.1. The summed E-state index contributed by atoms with van der Waals surface area (Å²) in [5.74, 6) is -5.00. The summed E-state index contributed by atoms with van der Waals surface area (Å²) < 4.78 is 39.2. The zero-order valence-corrected chi connectivity index (χ0v) is 40.4. The van der Waals surface area contributed by atoms with E-state index in [9.17, 15) is 47.1 Å². The van der Waals surface area contributed by atoms with Gasteiger partial charge >= 0.3 is 12.1 Å². The minimum absolute atomic E-state index is 0.0299. The van der Waals surface area contributed by atoms with Crippen LogP contribution in [0.4, 0.5) is 4.79 Å². The molecule has 68 heavy (non-hydrogen) atoms. The number of carboxylic acid groups (broad SMARTS) is 1. The van der Waals surface area contributed by atoms with Crippen LogP contribution in [-0.4, -0.2) is 139 Å². The maximum absolute atomic E-state index is 14.4. The van der Waals surface area contributed by atoms with Crippen LogP contribution in [0.5, 0.6) is 0 Å². The number of likely N-dealkylation sites (tertiary alicyclic amines) is 2. The van der Waals surface area contributed by atoms with Gasteiger partial charge in [-0.3, -0.25) is 29.0 Å². The Hall–Kier alpha value is -6.29. The van der Waals surface area contributed by atoms with Crippen LogP contribution in [0.1, 0.15) is 90.7 Å². The molecule has 2 aliphatic heterocycles. The van der Waals surface area contributed by atoms with Crippen molar-refractivity contribution in [2.24, 2.45) is 16.6 Å². The molecular formula is C46H67N9O12S. The standard InChI is InChI=1S/C46H67N9O12S/c1-29(2)25-34(42(60)55-24-11-16-36(55)41(59)49-26-38(56)54-23-12-17-37(54)43(61)62)51-39(57)33(15-10-22-48-44(47)53-68(64,65)32-20-18-30(3)19-21-32)50-40(58)35(52-45(63)67-46(4,5)6)28-66-27-31-13-8-7-9-14-31/h7-9,13-14,18-21,29,33-37H,10-12,15-17,22-28H2,1-6H3,(H,49,59)(H,50,58)(H,51,57)(H,52,63)(H,61,62)(H3,47,48,53)/t33-,34-,35-,36-,37-/m0/s1. The minimum Gasteiger partial charge on any atom is -0.480 e. The second kappa shape index (κ2) is 25.2. The minimum atomic E-state index is -4.06. The predicted octanol–water partition coefficient (Wildman–Crippen LogP) is 1.68. The van der Waals surface area contributed by atoms with Crippen molar-refractivity contribution in [2.75, 3.05) is 32.8 Å². The molecule has 0 spiro atoms. The van der Waals surface area contributed by atoms with Crippen LogP contribution in [0.15, 0.2) is 64.5 Å². The summed E-state index contributed by atoms with van der Waals surface area (Å²) in [5, 5.41) is 20.1. The molecule has 2 aliphatic rings. The fraction of sp³-hybridized carbons (Fsp3) is 0.565. The molecule has 0 bridgehead atoms. The summed E-state index contributed by atoms with van der Waals surface area (Å²) in [7, 11) is -4.06. The van der Waals surface area contributed by atoms with Crippen LogP contribution in [0, 0.1) is 12.8 Å². The molecule has 0 aromatic heterocycles. The number of carbonyl (C=O) groups is 7. The molecule has 8 N–H and O–H groups in total. The van der Waals surface area contributed by atoms with Gasteiger partial charge in [-0.1, -0.05) is 61.9 Å². The fourth-order valence-electron chi connectivity index (χ4n) is 7.66. The Balaban J connectivity index is 1.53. The highest BCUT2D eigenvalue weighted by Gasteiger charge is 2.40. The number of carboxylic acids is 1. The van der Waals surface area contributed by atoms with Crippen LogP contribution in [-0.2, 0) is 54.9 Å². The molecule has 0 saturated carbocycles. The molecule has 0 radical (unpaired) electrons. The van der Waals surface area contributed by atoms with E-state index >= 15 is 0 Å². The van der Waals surface area contributed by atoms with E-state index in [0.717, 1.165) is 11.1 Å². The maximum Gasteiger partial charge on any atom is 0.408 e. The Morgan fingerprint density at radius 2 is 1.47 bits per heavy atom. The van der Waals surface area contributed by atoms with Crippen LogP contribution < -0.4 is 31.7 Å². The van der Waals surface area contributed by atoms with Gasteiger partial charge < -0.3 is 51.4 Å². The number of carbonyl (C=O) groups excluding carboxylic acids is 6. The third kappa shape index (κ3) is 17.1. The summed E-state index contributed by atoms with van der Waals surface area (Å²) in [6, 6.07) is 9.35.